The van der Waals surface area contributed by atoms with Crippen LogP contribution in [0.25, 0.3) is 11.6 Å². The van der Waals surface area contributed by atoms with Gasteiger partial charge in [0.25, 0.3) is 0 Å². The molecule has 1 atom stereocenters. The second-order valence-corrected chi connectivity index (χ2v) is 8.15. The molecule has 3 aromatic rings. The van der Waals surface area contributed by atoms with Crippen molar-refractivity contribution in [3.05, 3.63) is 66.0 Å². The molecule has 1 fully saturated rings. The zero-order chi connectivity index (χ0) is 22.8. The lowest BCUT2D eigenvalue weighted by molar-refractivity contribution is 0.184. The van der Waals surface area contributed by atoms with Crippen LogP contribution in [-0.4, -0.2) is 63.7 Å². The molecule has 5 rings (SSSR count). The SMILES string of the molecule is COc1ccc(NC(=O)N2CCN(c3ncnc4c3C=C(c3ccncc3)C4)C[C@H]2C)cn1. The molecule has 0 unspecified atom stereocenters. The van der Waals surface area contributed by atoms with Crippen LogP contribution in [0, 0.1) is 0 Å². The number of hydrogen-bond donors (Lipinski definition) is 1. The molecule has 3 aromatic heterocycles. The number of carbonyl (C=O) groups is 1. The van der Waals surface area contributed by atoms with Gasteiger partial charge in [0.15, 0.2) is 0 Å². The zero-order valence-electron chi connectivity index (χ0n) is 18.6. The Morgan fingerprint density at radius 2 is 1.97 bits per heavy atom. The van der Waals surface area contributed by atoms with E-state index in [0.29, 0.717) is 31.2 Å². The fraction of sp³-hybridized carbons (Fsp3) is 0.292. The van der Waals surface area contributed by atoms with Gasteiger partial charge in [-0.1, -0.05) is 0 Å². The number of rotatable bonds is 4. The van der Waals surface area contributed by atoms with Gasteiger partial charge in [0.1, 0.15) is 12.1 Å². The quantitative estimate of drug-likeness (QED) is 0.662. The van der Waals surface area contributed by atoms with Crippen LogP contribution < -0.4 is 15.0 Å². The number of amides is 2. The van der Waals surface area contributed by atoms with Crippen LogP contribution in [-0.2, 0) is 6.42 Å². The van der Waals surface area contributed by atoms with Gasteiger partial charge in [0, 0.05) is 56.1 Å². The molecule has 33 heavy (non-hydrogen) atoms. The number of fused-ring (bicyclic) bond motifs is 1. The smallest absolute Gasteiger partial charge is 0.322 e. The summed E-state index contributed by atoms with van der Waals surface area (Å²) in [5.41, 5.74) is 5.10. The van der Waals surface area contributed by atoms with Crippen molar-refractivity contribution in [1.82, 2.24) is 24.8 Å². The fourth-order valence-electron chi connectivity index (χ4n) is 4.34. The minimum atomic E-state index is -0.137. The van der Waals surface area contributed by atoms with Crippen LogP contribution in [0.5, 0.6) is 5.88 Å². The Labute approximate surface area is 192 Å². The van der Waals surface area contributed by atoms with E-state index in [-0.39, 0.29) is 12.1 Å². The Bertz CT molecular complexity index is 1180. The number of allylic oxidation sites excluding steroid dienone is 1. The van der Waals surface area contributed by atoms with Gasteiger partial charge in [-0.3, -0.25) is 4.98 Å². The molecule has 9 heteroatoms. The van der Waals surface area contributed by atoms with Crippen molar-refractivity contribution in [3.63, 3.8) is 0 Å². The summed E-state index contributed by atoms with van der Waals surface area (Å²) in [4.78, 5) is 34.3. The number of piperazine rings is 1. The molecule has 0 saturated carbocycles. The summed E-state index contributed by atoms with van der Waals surface area (Å²) < 4.78 is 5.07. The van der Waals surface area contributed by atoms with Crippen LogP contribution in [0.1, 0.15) is 23.7 Å². The van der Waals surface area contributed by atoms with E-state index in [4.69, 9.17) is 4.74 Å². The molecule has 0 aromatic carbocycles. The third-order valence-corrected chi connectivity index (χ3v) is 6.06. The van der Waals surface area contributed by atoms with Gasteiger partial charge < -0.3 is 19.9 Å². The van der Waals surface area contributed by atoms with Crippen LogP contribution in [0.4, 0.5) is 16.3 Å². The predicted octanol–water partition coefficient (Wildman–Crippen LogP) is 3.11. The largest absolute Gasteiger partial charge is 0.481 e. The van der Waals surface area contributed by atoms with E-state index in [1.165, 1.54) is 5.57 Å². The Kier molecular flexibility index (Phi) is 5.60. The van der Waals surface area contributed by atoms with E-state index in [1.54, 1.807) is 44.2 Å². The highest BCUT2D eigenvalue weighted by atomic mass is 16.5. The van der Waals surface area contributed by atoms with Crippen molar-refractivity contribution >= 4 is 29.2 Å². The third-order valence-electron chi connectivity index (χ3n) is 6.06. The van der Waals surface area contributed by atoms with Crippen LogP contribution in [0.15, 0.2) is 49.2 Å². The lowest BCUT2D eigenvalue weighted by Gasteiger charge is -2.40. The number of ether oxygens (including phenoxy) is 1. The van der Waals surface area contributed by atoms with E-state index < -0.39 is 0 Å². The Hall–Kier alpha value is -4.01. The molecule has 1 N–H and O–H groups in total. The van der Waals surface area contributed by atoms with Crippen molar-refractivity contribution in [2.24, 2.45) is 0 Å². The number of carbonyl (C=O) groups excluding carboxylic acids is 1. The van der Waals surface area contributed by atoms with Gasteiger partial charge in [-0.2, -0.15) is 0 Å². The number of urea groups is 1. The van der Waals surface area contributed by atoms with E-state index >= 15 is 0 Å². The molecular weight excluding hydrogens is 418 g/mol. The second-order valence-electron chi connectivity index (χ2n) is 8.15. The van der Waals surface area contributed by atoms with Gasteiger partial charge in [0.05, 0.1) is 24.7 Å². The van der Waals surface area contributed by atoms with Crippen molar-refractivity contribution < 1.29 is 9.53 Å². The van der Waals surface area contributed by atoms with Crippen LogP contribution in [0.3, 0.4) is 0 Å². The topological polar surface area (TPSA) is 96.4 Å². The number of anilines is 2. The first kappa shape index (κ1) is 20.9. The molecule has 0 spiro atoms. The maximum Gasteiger partial charge on any atom is 0.322 e. The molecular formula is C24H25N7O2. The minimum absolute atomic E-state index is 0.0145. The molecule has 168 valence electrons. The van der Waals surface area contributed by atoms with Crippen molar-refractivity contribution in [1.29, 1.82) is 0 Å². The van der Waals surface area contributed by atoms with Gasteiger partial charge in [0.2, 0.25) is 5.88 Å². The Morgan fingerprint density at radius 1 is 1.12 bits per heavy atom. The van der Waals surface area contributed by atoms with Gasteiger partial charge in [-0.05, 0) is 42.3 Å². The highest BCUT2D eigenvalue weighted by Crippen LogP contribution is 2.35. The summed E-state index contributed by atoms with van der Waals surface area (Å²) in [5, 5.41) is 2.92. The number of methoxy groups -OCH3 is 1. The maximum absolute atomic E-state index is 12.9. The standard InChI is InChI=1S/C24H25N7O2/c1-16-14-30(9-10-31(16)24(32)29-19-3-4-22(33-2)26-13-19)23-20-11-18(12-21(20)27-15-28-23)17-5-7-25-8-6-17/h3-8,11,13,15-16H,9-10,12,14H2,1-2H3,(H,29,32)/t16-/m1/s1. The highest BCUT2D eigenvalue weighted by Gasteiger charge is 2.30. The van der Waals surface area contributed by atoms with Gasteiger partial charge in [-0.25, -0.2) is 19.7 Å². The molecule has 1 saturated heterocycles. The lowest BCUT2D eigenvalue weighted by Crippen LogP contribution is -2.55. The summed E-state index contributed by atoms with van der Waals surface area (Å²) in [5.74, 6) is 1.43. The Balaban J connectivity index is 1.29. The summed E-state index contributed by atoms with van der Waals surface area (Å²) in [6.07, 6.45) is 9.80. The minimum Gasteiger partial charge on any atom is -0.481 e. The van der Waals surface area contributed by atoms with Crippen LogP contribution in [0.2, 0.25) is 0 Å². The van der Waals surface area contributed by atoms with Crippen molar-refractivity contribution in [2.75, 3.05) is 37.0 Å². The molecule has 9 nitrogen and oxygen atoms in total. The van der Waals surface area contributed by atoms with E-state index in [9.17, 15) is 4.79 Å². The average Bonchev–Trinajstić information content (AvgIpc) is 3.29. The summed E-state index contributed by atoms with van der Waals surface area (Å²) in [7, 11) is 1.56. The second kappa shape index (κ2) is 8.85. The summed E-state index contributed by atoms with van der Waals surface area (Å²) in [6.45, 7) is 4.03. The molecule has 1 aliphatic carbocycles. The van der Waals surface area contributed by atoms with E-state index in [0.717, 1.165) is 29.1 Å². The summed E-state index contributed by atoms with van der Waals surface area (Å²) in [6, 6.07) is 7.41. The number of nitrogens with one attached hydrogen (secondary N) is 1. The molecule has 2 aliphatic rings. The first-order valence-electron chi connectivity index (χ1n) is 10.9. The maximum atomic E-state index is 12.9. The van der Waals surface area contributed by atoms with Crippen molar-refractivity contribution in [2.45, 2.75) is 19.4 Å². The first-order valence-corrected chi connectivity index (χ1v) is 10.9. The van der Waals surface area contributed by atoms with E-state index in [2.05, 4.69) is 43.2 Å². The fourth-order valence-corrected chi connectivity index (χ4v) is 4.34. The third kappa shape index (κ3) is 4.21. The molecule has 1 aliphatic heterocycles. The number of aromatic nitrogens is 4. The molecule has 0 bridgehead atoms. The van der Waals surface area contributed by atoms with Gasteiger partial charge in [-0.15, -0.1) is 0 Å². The van der Waals surface area contributed by atoms with Crippen LogP contribution >= 0.6 is 0 Å². The Morgan fingerprint density at radius 3 is 2.70 bits per heavy atom. The average molecular weight is 444 g/mol. The highest BCUT2D eigenvalue weighted by molar-refractivity contribution is 5.91. The lowest BCUT2D eigenvalue weighted by atomic mass is 10.1. The summed E-state index contributed by atoms with van der Waals surface area (Å²) >= 11 is 0. The number of hydrogen-bond acceptors (Lipinski definition) is 7. The predicted molar refractivity (Wildman–Crippen MR) is 126 cm³/mol. The number of pyridine rings is 2. The molecule has 2 amide bonds. The first-order chi connectivity index (χ1) is 16.1. The van der Waals surface area contributed by atoms with Crippen molar-refractivity contribution in [3.8, 4) is 5.88 Å². The normalized spacial score (nSPS) is 17.4. The monoisotopic (exact) mass is 443 g/mol. The zero-order valence-corrected chi connectivity index (χ0v) is 18.6. The molecule has 4 heterocycles. The number of nitrogens with zero attached hydrogens (tertiary/aromatic N) is 6. The van der Waals surface area contributed by atoms with E-state index in [1.807, 2.05) is 17.0 Å². The molecule has 0 radical (unpaired) electrons. The van der Waals surface area contributed by atoms with Gasteiger partial charge >= 0.3 is 6.03 Å².